The predicted molar refractivity (Wildman–Crippen MR) is 104 cm³/mol. The van der Waals surface area contributed by atoms with Gasteiger partial charge in [-0.3, -0.25) is 9.59 Å². The fourth-order valence-corrected chi connectivity index (χ4v) is 4.00. The number of rotatable bonds is 4. The Morgan fingerprint density at radius 3 is 2.63 bits per heavy atom. The topological polar surface area (TPSA) is 77.0 Å². The van der Waals surface area contributed by atoms with Crippen molar-refractivity contribution >= 4 is 5.91 Å². The van der Waals surface area contributed by atoms with E-state index >= 15 is 0 Å². The number of carbonyl (C=O) groups is 1. The summed E-state index contributed by atoms with van der Waals surface area (Å²) in [6, 6.07) is 10.5. The van der Waals surface area contributed by atoms with Gasteiger partial charge < -0.3 is 9.88 Å². The zero-order chi connectivity index (χ0) is 19.6. The predicted octanol–water partition coefficient (Wildman–Crippen LogP) is 3.47. The van der Waals surface area contributed by atoms with Crippen molar-refractivity contribution in [2.24, 2.45) is 0 Å². The van der Waals surface area contributed by atoms with Gasteiger partial charge in [0.05, 0.1) is 6.04 Å². The van der Waals surface area contributed by atoms with Gasteiger partial charge in [-0.25, -0.2) is 0 Å². The van der Waals surface area contributed by atoms with Crippen molar-refractivity contribution in [1.82, 2.24) is 9.88 Å². The average Bonchev–Trinajstić information content (AvgIpc) is 3.12. The van der Waals surface area contributed by atoms with Crippen molar-refractivity contribution in [3.63, 3.8) is 0 Å². The van der Waals surface area contributed by atoms with Gasteiger partial charge in [0.15, 0.2) is 0 Å². The quantitative estimate of drug-likeness (QED) is 0.903. The highest BCUT2D eigenvalue weighted by Gasteiger charge is 2.29. The Morgan fingerprint density at radius 2 is 1.96 bits per heavy atom. The summed E-state index contributed by atoms with van der Waals surface area (Å²) in [6.45, 7) is 6.45. The first-order valence-electron chi connectivity index (χ1n) is 9.41. The number of amides is 1. The first-order valence-corrected chi connectivity index (χ1v) is 9.41. The van der Waals surface area contributed by atoms with Gasteiger partial charge in [0, 0.05) is 18.7 Å². The molecular formula is C22H25N3O2. The fraction of sp³-hybridized carbons (Fsp3) is 0.409. The summed E-state index contributed by atoms with van der Waals surface area (Å²) in [4.78, 5) is 29.5. The summed E-state index contributed by atoms with van der Waals surface area (Å²) in [5.41, 5.74) is 4.50. The summed E-state index contributed by atoms with van der Waals surface area (Å²) in [6.07, 6.45) is 2.91. The zero-order valence-corrected chi connectivity index (χ0v) is 16.1. The number of hydrogen-bond acceptors (Lipinski definition) is 3. The van der Waals surface area contributed by atoms with Crippen molar-refractivity contribution in [3.8, 4) is 6.07 Å². The Labute approximate surface area is 159 Å². The number of nitrogens with one attached hydrogen (secondary N) is 1. The second-order valence-corrected chi connectivity index (χ2v) is 7.33. The monoisotopic (exact) mass is 363 g/mol. The van der Waals surface area contributed by atoms with Crippen LogP contribution < -0.4 is 5.56 Å². The molecule has 1 N–H and O–H groups in total. The maximum atomic E-state index is 12.9. The van der Waals surface area contributed by atoms with Gasteiger partial charge in [0.1, 0.15) is 11.6 Å². The maximum Gasteiger partial charge on any atom is 0.266 e. The van der Waals surface area contributed by atoms with Crippen LogP contribution in [0, 0.1) is 32.1 Å². The van der Waals surface area contributed by atoms with Gasteiger partial charge in [0.2, 0.25) is 5.91 Å². The SMILES string of the molecule is Cc1ccc(C2CCCN2C(=O)CCc2c(C)[nH]c(=O)c(C#N)c2C)cc1. The lowest BCUT2D eigenvalue weighted by Gasteiger charge is -2.25. The standard InChI is InChI=1S/C22H25N3O2/c1-14-6-8-17(9-7-14)20-5-4-12-25(20)21(26)11-10-18-15(2)19(13-23)22(27)24-16(18)3/h6-9,20H,4-5,10-12H2,1-3H3,(H,24,27). The lowest BCUT2D eigenvalue weighted by atomic mass is 9.98. The third kappa shape index (κ3) is 3.80. The highest BCUT2D eigenvalue weighted by molar-refractivity contribution is 5.77. The Balaban J connectivity index is 1.75. The molecule has 0 radical (unpaired) electrons. The van der Waals surface area contributed by atoms with Crippen LogP contribution in [0.1, 0.15) is 58.8 Å². The highest BCUT2D eigenvalue weighted by atomic mass is 16.2. The van der Waals surface area contributed by atoms with Crippen LogP contribution in [0.5, 0.6) is 0 Å². The smallest absolute Gasteiger partial charge is 0.266 e. The van der Waals surface area contributed by atoms with Crippen LogP contribution in [0.4, 0.5) is 0 Å². The minimum atomic E-state index is -0.360. The van der Waals surface area contributed by atoms with E-state index in [2.05, 4.69) is 36.2 Å². The van der Waals surface area contributed by atoms with E-state index in [0.29, 0.717) is 18.4 Å². The number of nitriles is 1. The van der Waals surface area contributed by atoms with Gasteiger partial charge in [-0.2, -0.15) is 5.26 Å². The van der Waals surface area contributed by atoms with Crippen LogP contribution in [-0.4, -0.2) is 22.3 Å². The first-order chi connectivity index (χ1) is 12.9. The number of nitrogens with zero attached hydrogens (tertiary/aromatic N) is 2. The number of aryl methyl sites for hydroxylation is 2. The molecule has 5 nitrogen and oxygen atoms in total. The first kappa shape index (κ1) is 18.9. The third-order valence-electron chi connectivity index (χ3n) is 5.54. The molecule has 1 fully saturated rings. The van der Waals surface area contributed by atoms with Crippen molar-refractivity contribution in [1.29, 1.82) is 5.26 Å². The minimum Gasteiger partial charge on any atom is -0.336 e. The lowest BCUT2D eigenvalue weighted by Crippen LogP contribution is -2.31. The van der Waals surface area contributed by atoms with Gasteiger partial charge in [-0.1, -0.05) is 29.8 Å². The molecule has 0 bridgehead atoms. The average molecular weight is 363 g/mol. The number of likely N-dealkylation sites (tertiary alicyclic amines) is 1. The number of hydrogen-bond donors (Lipinski definition) is 1. The molecule has 1 amide bonds. The molecular weight excluding hydrogens is 338 g/mol. The summed E-state index contributed by atoms with van der Waals surface area (Å²) in [7, 11) is 0. The molecule has 1 aromatic heterocycles. The van der Waals surface area contributed by atoms with E-state index in [1.165, 1.54) is 11.1 Å². The summed E-state index contributed by atoms with van der Waals surface area (Å²) >= 11 is 0. The summed E-state index contributed by atoms with van der Waals surface area (Å²) < 4.78 is 0. The highest BCUT2D eigenvalue weighted by Crippen LogP contribution is 2.32. The summed E-state index contributed by atoms with van der Waals surface area (Å²) in [5, 5.41) is 9.20. The lowest BCUT2D eigenvalue weighted by molar-refractivity contribution is -0.132. The van der Waals surface area contributed by atoms with Crippen molar-refractivity contribution in [2.75, 3.05) is 6.54 Å². The Kier molecular flexibility index (Phi) is 5.46. The molecule has 2 aromatic rings. The molecule has 2 heterocycles. The van der Waals surface area contributed by atoms with E-state index in [1.54, 1.807) is 6.92 Å². The largest absolute Gasteiger partial charge is 0.336 e. The van der Waals surface area contributed by atoms with E-state index in [1.807, 2.05) is 17.9 Å². The second-order valence-electron chi connectivity index (χ2n) is 7.33. The molecule has 0 aliphatic carbocycles. The number of carbonyl (C=O) groups excluding carboxylic acids is 1. The second kappa shape index (κ2) is 7.79. The van der Waals surface area contributed by atoms with Gasteiger partial charge in [-0.05, 0) is 56.7 Å². The minimum absolute atomic E-state index is 0.126. The molecule has 3 rings (SSSR count). The summed E-state index contributed by atoms with van der Waals surface area (Å²) in [5.74, 6) is 0.126. The molecule has 1 atom stereocenters. The van der Waals surface area contributed by atoms with E-state index in [9.17, 15) is 14.9 Å². The van der Waals surface area contributed by atoms with E-state index in [0.717, 1.165) is 30.6 Å². The zero-order valence-electron chi connectivity index (χ0n) is 16.1. The van der Waals surface area contributed by atoms with Crippen molar-refractivity contribution in [3.05, 3.63) is 68.1 Å². The number of aromatic amines is 1. The van der Waals surface area contributed by atoms with E-state index in [-0.39, 0.29) is 23.1 Å². The molecule has 1 unspecified atom stereocenters. The van der Waals surface area contributed by atoms with E-state index < -0.39 is 0 Å². The molecule has 1 aliphatic rings. The van der Waals surface area contributed by atoms with Crippen molar-refractivity contribution in [2.45, 2.75) is 52.5 Å². The number of pyridine rings is 1. The van der Waals surface area contributed by atoms with Crippen LogP contribution in [0.25, 0.3) is 0 Å². The van der Waals surface area contributed by atoms with Crippen LogP contribution in [-0.2, 0) is 11.2 Å². The Morgan fingerprint density at radius 1 is 1.26 bits per heavy atom. The molecule has 0 spiro atoms. The Hall–Kier alpha value is -2.87. The molecule has 1 aromatic carbocycles. The maximum absolute atomic E-state index is 12.9. The van der Waals surface area contributed by atoms with Crippen molar-refractivity contribution < 1.29 is 4.79 Å². The van der Waals surface area contributed by atoms with Crippen LogP contribution in [0.3, 0.4) is 0 Å². The van der Waals surface area contributed by atoms with Crippen LogP contribution >= 0.6 is 0 Å². The number of benzene rings is 1. The van der Waals surface area contributed by atoms with E-state index in [4.69, 9.17) is 0 Å². The van der Waals surface area contributed by atoms with Gasteiger partial charge >= 0.3 is 0 Å². The molecule has 140 valence electrons. The molecule has 0 saturated carbocycles. The molecule has 1 saturated heterocycles. The Bertz CT molecular complexity index is 951. The van der Waals surface area contributed by atoms with Gasteiger partial charge in [0.25, 0.3) is 5.56 Å². The van der Waals surface area contributed by atoms with Gasteiger partial charge in [-0.15, -0.1) is 0 Å². The molecule has 5 heteroatoms. The molecule has 1 aliphatic heterocycles. The van der Waals surface area contributed by atoms with Crippen LogP contribution in [0.2, 0.25) is 0 Å². The number of H-pyrrole nitrogens is 1. The fourth-order valence-electron chi connectivity index (χ4n) is 4.00. The van der Waals surface area contributed by atoms with Crippen LogP contribution in [0.15, 0.2) is 29.1 Å². The molecule has 27 heavy (non-hydrogen) atoms. The number of aromatic nitrogens is 1. The normalized spacial score (nSPS) is 16.4. The third-order valence-corrected chi connectivity index (χ3v) is 5.54.